The smallest absolute Gasteiger partial charge is 0.139 e. The average Bonchev–Trinajstić information content (AvgIpc) is 4.34. The molecule has 81 heavy (non-hydrogen) atoms. The minimum Gasteiger partial charge on any atom is -0.456 e. The van der Waals surface area contributed by atoms with Crippen LogP contribution in [0.15, 0.2) is 223 Å². The number of hydrogen-bond acceptors (Lipinski definition) is 3. The van der Waals surface area contributed by atoms with Gasteiger partial charge in [0.1, 0.15) is 11.2 Å². The van der Waals surface area contributed by atoms with Crippen LogP contribution in [0.2, 0.25) is 0 Å². The summed E-state index contributed by atoms with van der Waals surface area (Å²) in [6.07, 6.45) is 0. The van der Waals surface area contributed by atoms with E-state index in [0.717, 1.165) is 67.4 Å². The summed E-state index contributed by atoms with van der Waals surface area (Å²) < 4.78 is 11.9. The molecule has 402 valence electrons. The lowest BCUT2D eigenvalue weighted by Gasteiger charge is -2.30. The molecule has 13 aromatic rings. The quantitative estimate of drug-likeness (QED) is 0.152. The zero-order valence-corrected chi connectivity index (χ0v) is 49.0. The molecule has 10 aromatic carbocycles. The molecule has 0 unspecified atom stereocenters. The van der Waals surface area contributed by atoms with Crippen LogP contribution in [-0.4, -0.2) is 9.13 Å². The number of aromatic nitrogens is 2. The molecule has 0 radical (unpaired) electrons. The summed E-state index contributed by atoms with van der Waals surface area (Å²) in [4.78, 5) is 4.81. The van der Waals surface area contributed by atoms with E-state index >= 15 is 0 Å². The van der Waals surface area contributed by atoms with E-state index in [0.29, 0.717) is 0 Å². The van der Waals surface area contributed by atoms with Crippen LogP contribution < -0.4 is 9.80 Å². The predicted molar refractivity (Wildman–Crippen MR) is 347 cm³/mol. The molecule has 0 aliphatic heterocycles. The number of nitrogens with zero attached hydrogens (tertiary/aromatic N) is 4. The van der Waals surface area contributed by atoms with Crippen LogP contribution in [0.4, 0.5) is 34.1 Å². The maximum absolute atomic E-state index is 7.01. The topological polar surface area (TPSA) is 29.5 Å². The van der Waals surface area contributed by atoms with Crippen molar-refractivity contribution in [2.24, 2.45) is 0 Å². The van der Waals surface area contributed by atoms with E-state index in [-0.39, 0.29) is 21.7 Å². The molecule has 0 aliphatic carbocycles. The predicted octanol–water partition coefficient (Wildman–Crippen LogP) is 21.9. The molecule has 0 aliphatic rings. The fourth-order valence-electron chi connectivity index (χ4n) is 12.2. The maximum Gasteiger partial charge on any atom is 0.139 e. The second kappa shape index (κ2) is 18.9. The first-order valence-electron chi connectivity index (χ1n) is 28.7. The Bertz CT molecular complexity index is 4420. The van der Waals surface area contributed by atoms with Crippen LogP contribution in [-0.2, 0) is 21.7 Å². The summed E-state index contributed by atoms with van der Waals surface area (Å²) in [5.41, 5.74) is 19.9. The van der Waals surface area contributed by atoms with Gasteiger partial charge < -0.3 is 23.4 Å². The van der Waals surface area contributed by atoms with Gasteiger partial charge >= 0.3 is 0 Å². The highest BCUT2D eigenvalue weighted by Crippen LogP contribution is 2.49. The monoisotopic (exact) mass is 1060 g/mol. The Morgan fingerprint density at radius 1 is 0.284 bits per heavy atom. The van der Waals surface area contributed by atoms with Crippen molar-refractivity contribution >= 4 is 99.7 Å². The molecule has 5 nitrogen and oxygen atoms in total. The molecule has 0 amide bonds. The Morgan fingerprint density at radius 3 is 1.07 bits per heavy atom. The van der Waals surface area contributed by atoms with E-state index in [4.69, 9.17) is 4.42 Å². The van der Waals surface area contributed by atoms with Crippen LogP contribution in [0.3, 0.4) is 0 Å². The molecule has 0 spiro atoms. The highest BCUT2D eigenvalue weighted by atomic mass is 16.3. The molecule has 0 saturated carbocycles. The summed E-state index contributed by atoms with van der Waals surface area (Å²) in [5.74, 6) is 0. The standard InChI is InChI=1S/C76H72N4O/c1-73(2,3)49-33-37-65-61(41-49)62-42-50(74(4,5)6)34-38-66(62)79(65)57-29-21-27-55(45-57)77(53-23-15-13-16-24-53)59-47-69(72-60-31-19-20-32-70(60)81-71(72)48-59)78(54-25-17-14-18-26-54)56-28-22-30-58(46-56)80-67-39-35-51(75(7,8)9)43-63(67)64-44-52(76(10,11)12)36-40-68(64)80/h13-48H,1-12H3. The summed E-state index contributed by atoms with van der Waals surface area (Å²) in [6, 6.07) is 81.0. The average molecular weight is 1060 g/mol. The first kappa shape index (κ1) is 51.6. The van der Waals surface area contributed by atoms with Gasteiger partial charge in [0, 0.05) is 67.1 Å². The van der Waals surface area contributed by atoms with Gasteiger partial charge in [-0.3, -0.25) is 0 Å². The van der Waals surface area contributed by atoms with Crippen molar-refractivity contribution in [1.82, 2.24) is 9.13 Å². The van der Waals surface area contributed by atoms with Gasteiger partial charge in [0.25, 0.3) is 0 Å². The number of hydrogen-bond donors (Lipinski definition) is 0. The molecule has 0 bridgehead atoms. The van der Waals surface area contributed by atoms with Gasteiger partial charge in [-0.25, -0.2) is 0 Å². The fourth-order valence-corrected chi connectivity index (χ4v) is 12.2. The van der Waals surface area contributed by atoms with Crippen LogP contribution in [0, 0.1) is 0 Å². The molecule has 13 rings (SSSR count). The molecular weight excluding hydrogens is 985 g/mol. The molecule has 0 saturated heterocycles. The summed E-state index contributed by atoms with van der Waals surface area (Å²) in [5, 5.41) is 7.16. The number of para-hydroxylation sites is 3. The lowest BCUT2D eigenvalue weighted by molar-refractivity contribution is 0.590. The Morgan fingerprint density at radius 2 is 0.654 bits per heavy atom. The van der Waals surface area contributed by atoms with E-state index in [2.05, 4.69) is 320 Å². The number of furan rings is 1. The molecule has 0 N–H and O–H groups in total. The van der Waals surface area contributed by atoms with Crippen molar-refractivity contribution in [3.05, 3.63) is 241 Å². The van der Waals surface area contributed by atoms with Crippen LogP contribution in [0.25, 0.3) is 76.9 Å². The second-order valence-electron chi connectivity index (χ2n) is 26.4. The Balaban J connectivity index is 1.04. The summed E-state index contributed by atoms with van der Waals surface area (Å²) in [7, 11) is 0. The lowest BCUT2D eigenvalue weighted by atomic mass is 9.85. The highest BCUT2D eigenvalue weighted by Gasteiger charge is 2.27. The Hall–Kier alpha value is -8.80. The highest BCUT2D eigenvalue weighted by molar-refractivity contribution is 6.16. The summed E-state index contributed by atoms with van der Waals surface area (Å²) in [6.45, 7) is 27.6. The minimum absolute atomic E-state index is 0.00109. The van der Waals surface area contributed by atoms with Crippen molar-refractivity contribution in [3.8, 4) is 11.4 Å². The molecule has 0 fully saturated rings. The molecular formula is C76H72N4O. The second-order valence-corrected chi connectivity index (χ2v) is 26.4. The fraction of sp³-hybridized carbons (Fsp3) is 0.211. The Kier molecular flexibility index (Phi) is 12.1. The zero-order valence-electron chi connectivity index (χ0n) is 49.0. The van der Waals surface area contributed by atoms with E-state index in [9.17, 15) is 0 Å². The van der Waals surface area contributed by atoms with Crippen molar-refractivity contribution in [3.63, 3.8) is 0 Å². The van der Waals surface area contributed by atoms with E-state index < -0.39 is 0 Å². The van der Waals surface area contributed by atoms with Gasteiger partial charge in [-0.05, 0) is 165 Å². The van der Waals surface area contributed by atoms with Crippen molar-refractivity contribution < 1.29 is 4.42 Å². The number of rotatable bonds is 8. The first-order valence-corrected chi connectivity index (χ1v) is 28.7. The van der Waals surface area contributed by atoms with Gasteiger partial charge in [0.2, 0.25) is 0 Å². The van der Waals surface area contributed by atoms with Gasteiger partial charge in [0.15, 0.2) is 0 Å². The zero-order chi connectivity index (χ0) is 56.3. The first-order chi connectivity index (χ1) is 38.7. The third kappa shape index (κ3) is 9.04. The number of fused-ring (bicyclic) bond motifs is 9. The van der Waals surface area contributed by atoms with Crippen LogP contribution in [0.1, 0.15) is 105 Å². The van der Waals surface area contributed by atoms with Crippen molar-refractivity contribution in [2.45, 2.75) is 105 Å². The van der Waals surface area contributed by atoms with Crippen LogP contribution in [0.5, 0.6) is 0 Å². The number of benzene rings is 10. The third-order valence-electron chi connectivity index (χ3n) is 16.7. The number of anilines is 6. The third-order valence-corrected chi connectivity index (χ3v) is 16.7. The minimum atomic E-state index is -0.00373. The normalized spacial score (nSPS) is 12.7. The molecule has 3 heterocycles. The lowest BCUT2D eigenvalue weighted by Crippen LogP contribution is -2.14. The molecule has 3 aromatic heterocycles. The SMILES string of the molecule is CC(C)(C)c1ccc2c(c1)c1cc(C(C)(C)C)ccc1n2-c1cccc(N(c2ccccc2)c2cc(N(c3ccccc3)c3cccc(-n4c5ccc(C(C)(C)C)cc5c5cc(C(C)(C)C)ccc54)c3)c3c(c2)oc2ccccc23)c1. The summed E-state index contributed by atoms with van der Waals surface area (Å²) >= 11 is 0. The maximum atomic E-state index is 7.01. The van der Waals surface area contributed by atoms with Crippen LogP contribution >= 0.6 is 0 Å². The van der Waals surface area contributed by atoms with E-state index in [1.54, 1.807) is 0 Å². The van der Waals surface area contributed by atoms with Gasteiger partial charge in [-0.2, -0.15) is 0 Å². The van der Waals surface area contributed by atoms with Gasteiger partial charge in [-0.15, -0.1) is 0 Å². The van der Waals surface area contributed by atoms with Gasteiger partial charge in [-0.1, -0.05) is 174 Å². The largest absolute Gasteiger partial charge is 0.456 e. The van der Waals surface area contributed by atoms with Gasteiger partial charge in [0.05, 0.1) is 38.8 Å². The van der Waals surface area contributed by atoms with Crippen molar-refractivity contribution in [2.75, 3.05) is 9.80 Å². The van der Waals surface area contributed by atoms with E-state index in [1.807, 2.05) is 0 Å². The molecule has 0 atom stereocenters. The molecule has 5 heteroatoms. The van der Waals surface area contributed by atoms with E-state index in [1.165, 1.54) is 65.9 Å². The van der Waals surface area contributed by atoms with Crippen molar-refractivity contribution in [1.29, 1.82) is 0 Å². The Labute approximate surface area is 477 Å².